The van der Waals surface area contributed by atoms with Crippen molar-refractivity contribution in [2.75, 3.05) is 32.9 Å². The lowest BCUT2D eigenvalue weighted by molar-refractivity contribution is -0.145. The molecule has 0 spiro atoms. The van der Waals surface area contributed by atoms with Gasteiger partial charge in [-0.25, -0.2) is 0 Å². The molecule has 4 heteroatoms. The summed E-state index contributed by atoms with van der Waals surface area (Å²) in [5.74, 6) is 0. The number of nitrogens with zero attached hydrogens (tertiary/aromatic N) is 1. The minimum Gasteiger partial charge on any atom is -0.379 e. The lowest BCUT2D eigenvalue weighted by Gasteiger charge is -2.53. The largest absolute Gasteiger partial charge is 0.379 e. The zero-order valence-electron chi connectivity index (χ0n) is 11.4. The molecule has 100 valence electrons. The van der Waals surface area contributed by atoms with Crippen molar-refractivity contribution in [3.8, 4) is 0 Å². The minimum absolute atomic E-state index is 0.0599. The first kappa shape index (κ1) is 13.3. The molecule has 0 aliphatic carbocycles. The van der Waals surface area contributed by atoms with Crippen LogP contribution in [0.4, 0.5) is 0 Å². The Balaban J connectivity index is 2.17. The summed E-state index contributed by atoms with van der Waals surface area (Å²) in [4.78, 5) is 2.56. The van der Waals surface area contributed by atoms with Crippen LogP contribution in [0.1, 0.15) is 33.6 Å². The van der Waals surface area contributed by atoms with Crippen molar-refractivity contribution in [1.82, 2.24) is 4.90 Å². The summed E-state index contributed by atoms with van der Waals surface area (Å²) >= 11 is 0. The number of morpholine rings is 1. The Bertz CT molecular complexity index is 270. The first-order chi connectivity index (χ1) is 7.99. The van der Waals surface area contributed by atoms with E-state index in [-0.39, 0.29) is 11.1 Å². The van der Waals surface area contributed by atoms with Crippen molar-refractivity contribution >= 4 is 0 Å². The van der Waals surface area contributed by atoms with Crippen LogP contribution < -0.4 is 5.73 Å². The monoisotopic (exact) mass is 242 g/mol. The Hall–Kier alpha value is -0.160. The second-order valence-corrected chi connectivity index (χ2v) is 6.08. The highest BCUT2D eigenvalue weighted by Crippen LogP contribution is 2.37. The van der Waals surface area contributed by atoms with Crippen molar-refractivity contribution in [2.45, 2.75) is 50.8 Å². The molecule has 2 aliphatic heterocycles. The zero-order chi connectivity index (χ0) is 12.5. The summed E-state index contributed by atoms with van der Waals surface area (Å²) < 4.78 is 11.4. The topological polar surface area (TPSA) is 47.7 Å². The molecule has 2 saturated heterocycles. The van der Waals surface area contributed by atoms with Crippen LogP contribution in [0.5, 0.6) is 0 Å². The van der Waals surface area contributed by atoms with Gasteiger partial charge in [-0.3, -0.25) is 4.90 Å². The molecule has 0 aromatic rings. The van der Waals surface area contributed by atoms with E-state index in [1.54, 1.807) is 0 Å². The second kappa shape index (κ2) is 4.84. The highest BCUT2D eigenvalue weighted by Gasteiger charge is 2.46. The van der Waals surface area contributed by atoms with E-state index in [9.17, 15) is 0 Å². The van der Waals surface area contributed by atoms with Gasteiger partial charge in [-0.05, 0) is 33.6 Å². The summed E-state index contributed by atoms with van der Waals surface area (Å²) in [7, 11) is 0. The Morgan fingerprint density at radius 1 is 1.35 bits per heavy atom. The molecule has 2 rings (SSSR count). The van der Waals surface area contributed by atoms with E-state index in [4.69, 9.17) is 15.2 Å². The molecule has 2 heterocycles. The van der Waals surface area contributed by atoms with Crippen LogP contribution in [0.3, 0.4) is 0 Å². The van der Waals surface area contributed by atoms with E-state index >= 15 is 0 Å². The molecule has 2 atom stereocenters. The molecule has 0 aromatic heterocycles. The standard InChI is InChI=1S/C13H26N2O2/c1-11-8-16-7-5-15(11)13(10-14)4-6-17-12(2,3)9-13/h11H,4-10,14H2,1-3H3. The van der Waals surface area contributed by atoms with Crippen molar-refractivity contribution in [2.24, 2.45) is 5.73 Å². The molecular formula is C13H26N2O2. The van der Waals surface area contributed by atoms with Gasteiger partial charge >= 0.3 is 0 Å². The van der Waals surface area contributed by atoms with Crippen LogP contribution in [0.2, 0.25) is 0 Å². The molecule has 2 N–H and O–H groups in total. The van der Waals surface area contributed by atoms with Gasteiger partial charge in [-0.1, -0.05) is 0 Å². The van der Waals surface area contributed by atoms with Gasteiger partial charge in [-0.15, -0.1) is 0 Å². The van der Waals surface area contributed by atoms with Crippen LogP contribution in [-0.2, 0) is 9.47 Å². The predicted octanol–water partition coefficient (Wildman–Crippen LogP) is 0.994. The summed E-state index contributed by atoms with van der Waals surface area (Å²) in [6.45, 7) is 10.7. The van der Waals surface area contributed by atoms with E-state index in [0.29, 0.717) is 12.6 Å². The maximum atomic E-state index is 6.11. The molecule has 0 aromatic carbocycles. The number of hydrogen-bond donors (Lipinski definition) is 1. The van der Waals surface area contributed by atoms with Crippen LogP contribution >= 0.6 is 0 Å². The second-order valence-electron chi connectivity index (χ2n) is 6.08. The van der Waals surface area contributed by atoms with Gasteiger partial charge in [0.15, 0.2) is 0 Å². The third kappa shape index (κ3) is 2.65. The molecular weight excluding hydrogens is 216 g/mol. The van der Waals surface area contributed by atoms with Gasteiger partial charge in [0.2, 0.25) is 0 Å². The minimum atomic E-state index is -0.0599. The van der Waals surface area contributed by atoms with E-state index in [2.05, 4.69) is 25.7 Å². The number of nitrogens with two attached hydrogens (primary N) is 1. The lowest BCUT2D eigenvalue weighted by atomic mass is 9.79. The van der Waals surface area contributed by atoms with Crippen LogP contribution in [-0.4, -0.2) is 55.0 Å². The third-order valence-corrected chi connectivity index (χ3v) is 4.17. The maximum Gasteiger partial charge on any atom is 0.0644 e. The fourth-order valence-corrected chi connectivity index (χ4v) is 3.42. The van der Waals surface area contributed by atoms with Gasteiger partial charge in [-0.2, -0.15) is 0 Å². The van der Waals surface area contributed by atoms with E-state index in [1.807, 2.05) is 0 Å². The Morgan fingerprint density at radius 3 is 2.71 bits per heavy atom. The molecule has 0 bridgehead atoms. The molecule has 0 saturated carbocycles. The van der Waals surface area contributed by atoms with Crippen LogP contribution in [0.15, 0.2) is 0 Å². The highest BCUT2D eigenvalue weighted by molar-refractivity contribution is 5.01. The zero-order valence-corrected chi connectivity index (χ0v) is 11.4. The third-order valence-electron chi connectivity index (χ3n) is 4.17. The first-order valence-corrected chi connectivity index (χ1v) is 6.68. The first-order valence-electron chi connectivity index (χ1n) is 6.68. The predicted molar refractivity (Wildman–Crippen MR) is 68.0 cm³/mol. The molecule has 2 aliphatic rings. The quantitative estimate of drug-likeness (QED) is 0.784. The lowest BCUT2D eigenvalue weighted by Crippen LogP contribution is -2.65. The SMILES string of the molecule is CC1COCCN1C1(CN)CCOC(C)(C)C1. The molecule has 17 heavy (non-hydrogen) atoms. The summed E-state index contributed by atoms with van der Waals surface area (Å²) in [5.41, 5.74) is 6.16. The fraction of sp³-hybridized carbons (Fsp3) is 1.00. The van der Waals surface area contributed by atoms with E-state index in [0.717, 1.165) is 39.2 Å². The van der Waals surface area contributed by atoms with Crippen molar-refractivity contribution in [1.29, 1.82) is 0 Å². The van der Waals surface area contributed by atoms with E-state index < -0.39 is 0 Å². The van der Waals surface area contributed by atoms with Crippen molar-refractivity contribution in [3.05, 3.63) is 0 Å². The Kier molecular flexibility index (Phi) is 3.78. The van der Waals surface area contributed by atoms with E-state index in [1.165, 1.54) is 0 Å². The van der Waals surface area contributed by atoms with Crippen molar-refractivity contribution in [3.63, 3.8) is 0 Å². The van der Waals surface area contributed by atoms with Gasteiger partial charge in [0.05, 0.1) is 18.8 Å². The van der Waals surface area contributed by atoms with Gasteiger partial charge in [0.25, 0.3) is 0 Å². The highest BCUT2D eigenvalue weighted by atomic mass is 16.5. The Morgan fingerprint density at radius 2 is 2.12 bits per heavy atom. The van der Waals surface area contributed by atoms with Gasteiger partial charge in [0.1, 0.15) is 0 Å². The van der Waals surface area contributed by atoms with Crippen LogP contribution in [0.25, 0.3) is 0 Å². The molecule has 4 nitrogen and oxygen atoms in total. The molecule has 0 radical (unpaired) electrons. The summed E-state index contributed by atoms with van der Waals surface area (Å²) in [5, 5.41) is 0. The number of hydrogen-bond acceptors (Lipinski definition) is 4. The average molecular weight is 242 g/mol. The summed E-state index contributed by atoms with van der Waals surface area (Å²) in [6, 6.07) is 0.459. The average Bonchev–Trinajstić information content (AvgIpc) is 2.28. The molecule has 2 unspecified atom stereocenters. The van der Waals surface area contributed by atoms with Gasteiger partial charge < -0.3 is 15.2 Å². The smallest absolute Gasteiger partial charge is 0.0644 e. The maximum absolute atomic E-state index is 6.11. The Labute approximate surface area is 104 Å². The van der Waals surface area contributed by atoms with Gasteiger partial charge in [0, 0.05) is 31.3 Å². The van der Waals surface area contributed by atoms with Crippen molar-refractivity contribution < 1.29 is 9.47 Å². The molecule has 0 amide bonds. The number of ether oxygens (including phenoxy) is 2. The number of rotatable bonds is 2. The van der Waals surface area contributed by atoms with Crippen LogP contribution in [0, 0.1) is 0 Å². The molecule has 2 fully saturated rings. The normalized spacial score (nSPS) is 39.2. The fourth-order valence-electron chi connectivity index (χ4n) is 3.42. The summed E-state index contributed by atoms with van der Waals surface area (Å²) in [6.07, 6.45) is 2.05.